The number of amides is 2. The predicted molar refractivity (Wildman–Crippen MR) is 137 cm³/mol. The highest BCUT2D eigenvalue weighted by Crippen LogP contribution is 2.39. The molecule has 3 aromatic carbocycles. The van der Waals surface area contributed by atoms with Gasteiger partial charge >= 0.3 is 11.9 Å². The number of methoxy groups -OCH3 is 1. The second-order valence-corrected chi connectivity index (χ2v) is 8.98. The van der Waals surface area contributed by atoms with E-state index in [1.165, 1.54) is 31.4 Å². The molecule has 0 saturated carbocycles. The first-order valence-electron chi connectivity index (χ1n) is 10.8. The lowest BCUT2D eigenvalue weighted by Gasteiger charge is -2.18. The summed E-state index contributed by atoms with van der Waals surface area (Å²) in [4.78, 5) is 51.4. The first kappa shape index (κ1) is 26.5. The van der Waals surface area contributed by atoms with E-state index in [9.17, 15) is 19.2 Å². The molecule has 0 atom stereocenters. The number of fused-ring (bicyclic) bond motifs is 1. The van der Waals surface area contributed by atoms with Gasteiger partial charge in [0.1, 0.15) is 17.9 Å². The van der Waals surface area contributed by atoms with E-state index in [1.807, 2.05) is 0 Å². The molecule has 0 saturated heterocycles. The first-order valence-corrected chi connectivity index (χ1v) is 12.0. The maximum absolute atomic E-state index is 13.0. The van der Waals surface area contributed by atoms with E-state index in [-0.39, 0.29) is 56.4 Å². The minimum atomic E-state index is -0.749. The zero-order valence-corrected chi connectivity index (χ0v) is 21.7. The summed E-state index contributed by atoms with van der Waals surface area (Å²) in [5.74, 6) is -2.46. The molecule has 0 fully saturated rings. The summed E-state index contributed by atoms with van der Waals surface area (Å²) in [6.07, 6.45) is 0. The van der Waals surface area contributed by atoms with Crippen molar-refractivity contribution in [1.82, 2.24) is 0 Å². The average Bonchev–Trinajstić information content (AvgIpc) is 3.11. The minimum Gasteiger partial charge on any atom is -0.496 e. The van der Waals surface area contributed by atoms with Crippen LogP contribution in [0.1, 0.15) is 53.9 Å². The standard InChI is InChI=1S/C26H18Cl3NO7/c1-3-36-25(33)14-6-4-13(5-7-14)12-37-26(34)17-10-20(29)21(11-22(17)35-2)30-23(31)15-8-18(27)19(28)9-16(15)24(30)32/h4-11H,3,12H2,1-2H3. The Bertz CT molecular complexity index is 1400. The fraction of sp³-hybridized carbons (Fsp3) is 0.154. The van der Waals surface area contributed by atoms with Crippen molar-refractivity contribution in [2.24, 2.45) is 0 Å². The number of benzene rings is 3. The lowest BCUT2D eigenvalue weighted by molar-refractivity contribution is 0.0466. The summed E-state index contributed by atoms with van der Waals surface area (Å²) in [7, 11) is 1.32. The quantitative estimate of drug-likeness (QED) is 0.258. The number of anilines is 1. The Balaban J connectivity index is 1.55. The van der Waals surface area contributed by atoms with Gasteiger partial charge in [0.25, 0.3) is 11.8 Å². The third-order valence-corrected chi connectivity index (χ3v) is 6.52. The number of carbonyl (C=O) groups is 4. The van der Waals surface area contributed by atoms with Crippen LogP contribution in [0.15, 0.2) is 48.5 Å². The first-order chi connectivity index (χ1) is 17.7. The van der Waals surface area contributed by atoms with E-state index in [4.69, 9.17) is 49.0 Å². The zero-order chi connectivity index (χ0) is 26.9. The Hall–Kier alpha value is -3.59. The maximum Gasteiger partial charge on any atom is 0.342 e. The topological polar surface area (TPSA) is 99.2 Å². The number of esters is 2. The predicted octanol–water partition coefficient (Wildman–Crippen LogP) is 5.99. The maximum atomic E-state index is 13.0. The fourth-order valence-corrected chi connectivity index (χ4v) is 4.25. The van der Waals surface area contributed by atoms with Gasteiger partial charge in [-0.1, -0.05) is 46.9 Å². The molecule has 0 radical (unpaired) electrons. The molecule has 4 rings (SSSR count). The molecule has 8 nitrogen and oxygen atoms in total. The third kappa shape index (κ3) is 5.13. The molecule has 0 N–H and O–H groups in total. The molecule has 0 aromatic heterocycles. The normalized spacial score (nSPS) is 12.4. The molecule has 11 heteroatoms. The summed E-state index contributed by atoms with van der Waals surface area (Å²) in [5.41, 5.74) is 1.16. The lowest BCUT2D eigenvalue weighted by Crippen LogP contribution is -2.29. The number of hydrogen-bond donors (Lipinski definition) is 0. The van der Waals surface area contributed by atoms with Gasteiger partial charge in [0.15, 0.2) is 0 Å². The summed E-state index contributed by atoms with van der Waals surface area (Å²) in [5, 5.41) is 0.194. The van der Waals surface area contributed by atoms with Gasteiger partial charge in [0, 0.05) is 6.07 Å². The molecule has 1 heterocycles. The van der Waals surface area contributed by atoms with Crippen LogP contribution < -0.4 is 9.64 Å². The van der Waals surface area contributed by atoms with E-state index >= 15 is 0 Å². The van der Waals surface area contributed by atoms with E-state index in [0.29, 0.717) is 11.1 Å². The van der Waals surface area contributed by atoms with Gasteiger partial charge in [-0.15, -0.1) is 0 Å². The van der Waals surface area contributed by atoms with Crippen molar-refractivity contribution in [1.29, 1.82) is 0 Å². The van der Waals surface area contributed by atoms with Crippen LogP contribution in [0.2, 0.25) is 15.1 Å². The van der Waals surface area contributed by atoms with Gasteiger partial charge in [-0.2, -0.15) is 0 Å². The highest BCUT2D eigenvalue weighted by atomic mass is 35.5. The largest absolute Gasteiger partial charge is 0.496 e. The Labute approximate surface area is 226 Å². The number of halogens is 3. The number of imide groups is 1. The second-order valence-electron chi connectivity index (χ2n) is 7.76. The summed E-state index contributed by atoms with van der Waals surface area (Å²) in [6.45, 7) is 1.88. The van der Waals surface area contributed by atoms with Gasteiger partial charge in [-0.3, -0.25) is 9.59 Å². The van der Waals surface area contributed by atoms with Crippen molar-refractivity contribution in [3.63, 3.8) is 0 Å². The van der Waals surface area contributed by atoms with Crippen LogP contribution in [0.4, 0.5) is 5.69 Å². The van der Waals surface area contributed by atoms with Gasteiger partial charge in [-0.05, 0) is 42.8 Å². The van der Waals surface area contributed by atoms with Crippen molar-refractivity contribution >= 4 is 64.2 Å². The summed E-state index contributed by atoms with van der Waals surface area (Å²) >= 11 is 18.4. The molecule has 190 valence electrons. The fourth-order valence-electron chi connectivity index (χ4n) is 3.67. The van der Waals surface area contributed by atoms with Crippen LogP contribution >= 0.6 is 34.8 Å². The van der Waals surface area contributed by atoms with Crippen LogP contribution in [-0.2, 0) is 16.1 Å². The van der Waals surface area contributed by atoms with Crippen LogP contribution in [0, 0.1) is 0 Å². The minimum absolute atomic E-state index is 0.0120. The zero-order valence-electron chi connectivity index (χ0n) is 19.5. The highest BCUT2D eigenvalue weighted by Gasteiger charge is 2.39. The number of ether oxygens (including phenoxy) is 3. The van der Waals surface area contributed by atoms with Gasteiger partial charge < -0.3 is 14.2 Å². The van der Waals surface area contributed by atoms with Crippen LogP contribution in [-0.4, -0.2) is 37.5 Å². The third-order valence-electron chi connectivity index (χ3n) is 5.49. The smallest absolute Gasteiger partial charge is 0.342 e. The molecule has 0 aliphatic carbocycles. The number of nitrogens with zero attached hydrogens (tertiary/aromatic N) is 1. The van der Waals surface area contributed by atoms with Crippen molar-refractivity contribution < 1.29 is 33.4 Å². The van der Waals surface area contributed by atoms with E-state index < -0.39 is 23.8 Å². The average molecular weight is 563 g/mol. The van der Waals surface area contributed by atoms with Gasteiger partial charge in [-0.25, -0.2) is 14.5 Å². The van der Waals surface area contributed by atoms with Crippen molar-refractivity contribution in [3.05, 3.63) is 91.4 Å². The number of carbonyl (C=O) groups excluding carboxylic acids is 4. The molecule has 37 heavy (non-hydrogen) atoms. The van der Waals surface area contributed by atoms with Crippen LogP contribution in [0.25, 0.3) is 0 Å². The molecule has 0 bridgehead atoms. The Kier molecular flexibility index (Phi) is 7.73. The molecule has 0 spiro atoms. The monoisotopic (exact) mass is 561 g/mol. The molecule has 0 unspecified atom stereocenters. The Morgan fingerprint density at radius 3 is 1.95 bits per heavy atom. The summed E-state index contributed by atoms with van der Waals surface area (Å²) in [6, 6.07) is 11.6. The van der Waals surface area contributed by atoms with Crippen molar-refractivity contribution in [3.8, 4) is 5.75 Å². The molecule has 3 aromatic rings. The van der Waals surface area contributed by atoms with Crippen LogP contribution in [0.5, 0.6) is 5.75 Å². The molecule has 1 aliphatic heterocycles. The van der Waals surface area contributed by atoms with E-state index in [2.05, 4.69) is 0 Å². The summed E-state index contributed by atoms with van der Waals surface area (Å²) < 4.78 is 15.6. The Morgan fingerprint density at radius 2 is 1.41 bits per heavy atom. The Morgan fingerprint density at radius 1 is 0.811 bits per heavy atom. The van der Waals surface area contributed by atoms with E-state index in [1.54, 1.807) is 31.2 Å². The highest BCUT2D eigenvalue weighted by molar-refractivity contribution is 6.45. The van der Waals surface area contributed by atoms with Crippen molar-refractivity contribution in [2.45, 2.75) is 13.5 Å². The number of hydrogen-bond acceptors (Lipinski definition) is 7. The number of rotatable bonds is 7. The van der Waals surface area contributed by atoms with Gasteiger partial charge in [0.2, 0.25) is 0 Å². The van der Waals surface area contributed by atoms with Crippen LogP contribution in [0.3, 0.4) is 0 Å². The molecular weight excluding hydrogens is 545 g/mol. The van der Waals surface area contributed by atoms with Crippen molar-refractivity contribution in [2.75, 3.05) is 18.6 Å². The molecule has 2 amide bonds. The molecule has 1 aliphatic rings. The van der Waals surface area contributed by atoms with E-state index in [0.717, 1.165) is 4.90 Å². The molecular formula is C26H18Cl3NO7. The SMILES string of the molecule is CCOC(=O)c1ccc(COC(=O)c2cc(Cl)c(N3C(=O)c4cc(Cl)c(Cl)cc4C3=O)cc2OC)cc1. The second kappa shape index (κ2) is 10.8. The van der Waals surface area contributed by atoms with Gasteiger partial charge in [0.05, 0.1) is 51.2 Å². The lowest BCUT2D eigenvalue weighted by atomic mass is 10.1.